The second-order valence-corrected chi connectivity index (χ2v) is 8.26. The van der Waals surface area contributed by atoms with Crippen LogP contribution in [0.25, 0.3) is 44.3 Å². The molecule has 34 heavy (non-hydrogen) atoms. The lowest BCUT2D eigenvalue weighted by Crippen LogP contribution is -2.02. The van der Waals surface area contributed by atoms with Gasteiger partial charge in [0.1, 0.15) is 17.0 Å². The van der Waals surface area contributed by atoms with Crippen molar-refractivity contribution in [3.05, 3.63) is 89.9 Å². The van der Waals surface area contributed by atoms with E-state index in [2.05, 4.69) is 9.87 Å². The van der Waals surface area contributed by atoms with E-state index in [1.807, 2.05) is 19.9 Å². The third-order valence-corrected chi connectivity index (χ3v) is 5.60. The highest BCUT2D eigenvalue weighted by Crippen LogP contribution is 2.41. The normalized spacial score (nSPS) is 12.7. The predicted molar refractivity (Wildman–Crippen MR) is 129 cm³/mol. The molecule has 170 valence electrons. The molecule has 0 saturated heterocycles. The summed E-state index contributed by atoms with van der Waals surface area (Å²) in [5.41, 5.74) is 3.78. The van der Waals surface area contributed by atoms with E-state index in [0.29, 0.717) is 44.3 Å². The number of nitrogens with zero attached hydrogens (tertiary/aromatic N) is 1. The zero-order valence-electron chi connectivity index (χ0n) is 20.5. The molecule has 0 aliphatic rings. The maximum Gasteiger partial charge on any atom is 0.373 e. The van der Waals surface area contributed by atoms with E-state index in [1.54, 1.807) is 48.7 Å². The topological polar surface area (TPSA) is 72.6 Å². The van der Waals surface area contributed by atoms with E-state index in [-0.39, 0.29) is 17.3 Å². The summed E-state index contributed by atoms with van der Waals surface area (Å²) in [6.45, 7) is 3.62. The van der Waals surface area contributed by atoms with Crippen LogP contribution in [0.15, 0.2) is 77.3 Å². The number of halogens is 1. The lowest BCUT2D eigenvalue weighted by atomic mass is 9.97. The van der Waals surface area contributed by atoms with E-state index in [4.69, 9.17) is 12.4 Å². The van der Waals surface area contributed by atoms with Crippen LogP contribution in [0.3, 0.4) is 0 Å². The first-order valence-corrected chi connectivity index (χ1v) is 10.8. The van der Waals surface area contributed by atoms with Crippen LogP contribution in [-0.4, -0.2) is 16.2 Å². The van der Waals surface area contributed by atoms with Crippen molar-refractivity contribution in [1.82, 2.24) is 4.98 Å². The number of carbonyl (C=O) groups excluding carboxylic acids is 1. The first-order valence-electron chi connectivity index (χ1n) is 11.8. The van der Waals surface area contributed by atoms with Crippen LogP contribution >= 0.6 is 0 Å². The van der Waals surface area contributed by atoms with Crippen LogP contribution in [0.2, 0.25) is 0 Å². The first-order chi connectivity index (χ1) is 17.2. The molecule has 0 saturated carbocycles. The summed E-state index contributed by atoms with van der Waals surface area (Å²) in [5.74, 6) is -1.57. The fourth-order valence-electron chi connectivity index (χ4n) is 4.18. The zero-order valence-corrected chi connectivity index (χ0v) is 18.5. The molecule has 5 aromatic rings. The van der Waals surface area contributed by atoms with Crippen molar-refractivity contribution in [2.24, 2.45) is 5.92 Å². The average Bonchev–Trinajstić information content (AvgIpc) is 3.28. The lowest BCUT2D eigenvalue weighted by Gasteiger charge is -2.08. The van der Waals surface area contributed by atoms with Gasteiger partial charge in [-0.1, -0.05) is 44.2 Å². The maximum absolute atomic E-state index is 13.5. The summed E-state index contributed by atoms with van der Waals surface area (Å²) in [5, 5.41) is 10.1. The number of carbonyl (C=O) groups is 1. The van der Waals surface area contributed by atoms with Gasteiger partial charge in [0, 0.05) is 30.8 Å². The number of benzene rings is 3. The van der Waals surface area contributed by atoms with Gasteiger partial charge in [0.25, 0.3) is 0 Å². The molecule has 0 amide bonds. The monoisotopic (exact) mass is 457 g/mol. The van der Waals surface area contributed by atoms with Crippen molar-refractivity contribution in [3.8, 4) is 22.4 Å². The molecule has 5 nitrogen and oxygen atoms in total. The molecule has 0 spiro atoms. The first kappa shape index (κ1) is 19.4. The molecular formula is C28H22FNO4. The van der Waals surface area contributed by atoms with Crippen LogP contribution in [-0.2, 0) is 11.3 Å². The lowest BCUT2D eigenvalue weighted by molar-refractivity contribution is -0.182. The van der Waals surface area contributed by atoms with Crippen LogP contribution in [0.1, 0.15) is 32.5 Å². The summed E-state index contributed by atoms with van der Waals surface area (Å²) in [6, 6.07) is 17.9. The van der Waals surface area contributed by atoms with Gasteiger partial charge in [0.15, 0.2) is 0 Å². The quantitative estimate of drug-likeness (QED) is 0.222. The summed E-state index contributed by atoms with van der Waals surface area (Å²) in [4.78, 5) is 20.9. The predicted octanol–water partition coefficient (Wildman–Crippen LogP) is 7.28. The maximum atomic E-state index is 13.5. The highest BCUT2D eigenvalue weighted by atomic mass is 19.1. The molecule has 0 atom stereocenters. The summed E-state index contributed by atoms with van der Waals surface area (Å²) in [7, 11) is 0. The van der Waals surface area contributed by atoms with Gasteiger partial charge in [-0.25, -0.2) is 9.18 Å². The minimum Gasteiger partial charge on any atom is -0.455 e. The van der Waals surface area contributed by atoms with E-state index in [0.717, 1.165) is 5.56 Å². The van der Waals surface area contributed by atoms with E-state index < -0.39 is 12.3 Å². The Kier molecular flexibility index (Phi) is 4.99. The second-order valence-electron chi connectivity index (χ2n) is 8.26. The van der Waals surface area contributed by atoms with Gasteiger partial charge in [-0.05, 0) is 59.8 Å². The number of hydrogen-bond donors (Lipinski definition) is 1. The fraction of sp³-hybridized carbons (Fsp3) is 0.143. The number of aromatic nitrogens is 1. The minimum absolute atomic E-state index is 0.0971. The van der Waals surface area contributed by atoms with Crippen molar-refractivity contribution in [3.63, 3.8) is 0 Å². The fourth-order valence-corrected chi connectivity index (χ4v) is 4.18. The van der Waals surface area contributed by atoms with Gasteiger partial charge in [0.05, 0.1) is 11.3 Å². The third kappa shape index (κ3) is 3.82. The van der Waals surface area contributed by atoms with Crippen molar-refractivity contribution in [2.45, 2.75) is 20.2 Å². The molecule has 1 N–H and O–H groups in total. The number of fused-ring (bicyclic) bond motifs is 3. The average molecular weight is 457 g/mol. The van der Waals surface area contributed by atoms with Gasteiger partial charge in [-0.15, -0.1) is 0 Å². The third-order valence-electron chi connectivity index (χ3n) is 5.60. The second kappa shape index (κ2) is 8.72. The highest BCUT2D eigenvalue weighted by Gasteiger charge is 2.23. The number of furan rings is 1. The number of para-hydroxylation sites is 1. The molecule has 2 heterocycles. The molecule has 3 aromatic carbocycles. The molecule has 0 aliphatic heterocycles. The van der Waals surface area contributed by atoms with Gasteiger partial charge >= 0.3 is 5.97 Å². The molecule has 6 heteroatoms. The molecule has 0 aliphatic carbocycles. The van der Waals surface area contributed by atoms with Crippen molar-refractivity contribution in [2.75, 3.05) is 0 Å². The summed E-state index contributed by atoms with van der Waals surface area (Å²) < 4.78 is 36.9. The van der Waals surface area contributed by atoms with Crippen molar-refractivity contribution in [1.29, 1.82) is 0 Å². The van der Waals surface area contributed by atoms with Crippen LogP contribution < -0.4 is 0 Å². The Bertz CT molecular complexity index is 1610. The van der Waals surface area contributed by atoms with E-state index >= 15 is 0 Å². The Hall–Kier alpha value is -4.03. The Morgan fingerprint density at radius 1 is 1.09 bits per heavy atom. The van der Waals surface area contributed by atoms with Crippen LogP contribution in [0.4, 0.5) is 4.39 Å². The molecule has 0 bridgehead atoms. The van der Waals surface area contributed by atoms with Crippen LogP contribution in [0.5, 0.6) is 0 Å². The number of hydrogen-bond acceptors (Lipinski definition) is 5. The Labute approximate surface area is 198 Å². The Morgan fingerprint density at radius 3 is 2.62 bits per heavy atom. The van der Waals surface area contributed by atoms with Gasteiger partial charge in [-0.3, -0.25) is 9.87 Å². The van der Waals surface area contributed by atoms with E-state index in [1.165, 1.54) is 18.2 Å². The zero-order chi connectivity index (χ0) is 25.6. The standard InChI is InChI=1S/C28H22FNO4/c1-16(2)14-17-12-13-30-24(15-17)21-10-11-23(28(31)34-32)25-22-5-3-4-20(26(22)33-27(21)25)18-6-8-19(29)9-7-18/h3-13,15-16,32H,14H2,1-2H3/i14D2. The molecular weight excluding hydrogens is 433 g/mol. The van der Waals surface area contributed by atoms with E-state index in [9.17, 15) is 9.18 Å². The largest absolute Gasteiger partial charge is 0.455 e. The molecule has 5 rings (SSSR count). The molecule has 0 radical (unpaired) electrons. The Balaban J connectivity index is 1.82. The molecule has 0 unspecified atom stereocenters. The van der Waals surface area contributed by atoms with Crippen molar-refractivity contribution < 1.29 is 26.5 Å². The smallest absolute Gasteiger partial charge is 0.373 e. The number of rotatable bonds is 5. The van der Waals surface area contributed by atoms with Gasteiger partial charge < -0.3 is 4.42 Å². The minimum atomic E-state index is -1.58. The van der Waals surface area contributed by atoms with Crippen molar-refractivity contribution >= 4 is 27.9 Å². The van der Waals surface area contributed by atoms with Gasteiger partial charge in [0.2, 0.25) is 0 Å². The number of pyridine rings is 1. The molecule has 2 aromatic heterocycles. The Morgan fingerprint density at radius 2 is 1.88 bits per heavy atom. The SMILES string of the molecule is [2H]C([2H])(c1ccnc(-c2ccc(C(=O)OO)c3c2oc2c(-c4ccc(F)cc4)cccc23)c1)C(C)C. The van der Waals surface area contributed by atoms with Gasteiger partial charge in [-0.2, -0.15) is 5.26 Å². The van der Waals surface area contributed by atoms with Crippen LogP contribution in [0, 0.1) is 11.7 Å². The molecule has 0 fully saturated rings. The summed E-state index contributed by atoms with van der Waals surface area (Å²) >= 11 is 0. The summed E-state index contributed by atoms with van der Waals surface area (Å²) in [6.07, 6.45) is -0.0414. The highest BCUT2D eigenvalue weighted by molar-refractivity contribution is 6.19.